The van der Waals surface area contributed by atoms with Gasteiger partial charge in [0.15, 0.2) is 9.84 Å². The van der Waals surface area contributed by atoms with Crippen LogP contribution in [0.25, 0.3) is 0 Å². The molecule has 0 unspecified atom stereocenters. The summed E-state index contributed by atoms with van der Waals surface area (Å²) in [5, 5.41) is 5.83. The van der Waals surface area contributed by atoms with E-state index in [0.717, 1.165) is 25.2 Å². The van der Waals surface area contributed by atoms with E-state index < -0.39 is 9.84 Å². The van der Waals surface area contributed by atoms with Gasteiger partial charge in [-0.25, -0.2) is 18.4 Å². The van der Waals surface area contributed by atoms with Crippen LogP contribution in [0.1, 0.15) is 35.2 Å². The molecule has 1 aromatic heterocycles. The molecule has 9 nitrogen and oxygen atoms in total. The summed E-state index contributed by atoms with van der Waals surface area (Å²) >= 11 is 0. The van der Waals surface area contributed by atoms with Crippen molar-refractivity contribution in [3.63, 3.8) is 0 Å². The van der Waals surface area contributed by atoms with Gasteiger partial charge in [-0.2, -0.15) is 0 Å². The van der Waals surface area contributed by atoms with Crippen molar-refractivity contribution in [1.29, 1.82) is 0 Å². The number of carbonyl (C=O) groups excluding carboxylic acids is 1. The Labute approximate surface area is 211 Å². The Hall–Kier alpha value is -3.50. The van der Waals surface area contributed by atoms with Gasteiger partial charge in [-0.1, -0.05) is 6.07 Å². The summed E-state index contributed by atoms with van der Waals surface area (Å²) in [5.41, 5.74) is 2.44. The third-order valence-electron chi connectivity index (χ3n) is 6.15. The zero-order valence-electron chi connectivity index (χ0n) is 20.5. The van der Waals surface area contributed by atoms with Gasteiger partial charge in [-0.3, -0.25) is 4.79 Å². The van der Waals surface area contributed by atoms with Crippen LogP contribution in [0.5, 0.6) is 5.75 Å². The van der Waals surface area contributed by atoms with E-state index in [4.69, 9.17) is 4.74 Å². The summed E-state index contributed by atoms with van der Waals surface area (Å²) in [5.74, 6) is 0.782. The third kappa shape index (κ3) is 6.58. The quantitative estimate of drug-likeness (QED) is 0.421. The Balaban J connectivity index is 1.32. The fourth-order valence-electron chi connectivity index (χ4n) is 4.11. The molecule has 2 heterocycles. The maximum absolute atomic E-state index is 12.7. The minimum atomic E-state index is -3.32. The number of nitrogens with one attached hydrogen (secondary N) is 2. The first-order chi connectivity index (χ1) is 17.3. The molecule has 190 valence electrons. The van der Waals surface area contributed by atoms with Gasteiger partial charge in [-0.05, 0) is 87.8 Å². The summed E-state index contributed by atoms with van der Waals surface area (Å²) in [6.45, 7) is 4.81. The van der Waals surface area contributed by atoms with Crippen LogP contribution < -0.4 is 15.4 Å². The summed E-state index contributed by atoms with van der Waals surface area (Å²) in [6.07, 6.45) is 6.04. The number of hydrogen-bond acceptors (Lipinski definition) is 8. The molecule has 0 atom stereocenters. The number of nitrogens with zero attached hydrogens (tertiary/aromatic N) is 3. The Morgan fingerprint density at radius 2 is 1.72 bits per heavy atom. The van der Waals surface area contributed by atoms with Crippen LogP contribution in [0.3, 0.4) is 0 Å². The average molecular weight is 510 g/mol. The third-order valence-corrected chi connectivity index (χ3v) is 7.97. The smallest absolute Gasteiger partial charge is 0.256 e. The predicted molar refractivity (Wildman–Crippen MR) is 140 cm³/mol. The standard InChI is InChI=1S/C26H31N5O4S/c1-19-6-9-22(35-2)16-24(19)25(32)29-21-17-27-26(28-18-21)30-20-7-10-23(11-8-20)36(33,34)15-5-14-31-12-3-4-13-31/h6-11,16-18H,3-5,12-15H2,1-2H3,(H,29,32)(H,27,28,30). The second kappa shape index (κ2) is 11.5. The lowest BCUT2D eigenvalue weighted by Gasteiger charge is -2.14. The summed E-state index contributed by atoms with van der Waals surface area (Å²) in [4.78, 5) is 23.7. The zero-order chi connectivity index (χ0) is 25.5. The number of anilines is 3. The van der Waals surface area contributed by atoms with Crippen LogP contribution >= 0.6 is 0 Å². The topological polar surface area (TPSA) is 114 Å². The molecular formula is C26H31N5O4S. The highest BCUT2D eigenvalue weighted by molar-refractivity contribution is 7.91. The van der Waals surface area contributed by atoms with Crippen molar-refractivity contribution in [2.45, 2.75) is 31.1 Å². The number of sulfone groups is 1. The molecule has 36 heavy (non-hydrogen) atoms. The number of hydrogen-bond donors (Lipinski definition) is 2. The molecule has 1 fully saturated rings. The van der Waals surface area contributed by atoms with Crippen molar-refractivity contribution in [3.8, 4) is 5.75 Å². The molecule has 1 saturated heterocycles. The Kier molecular flexibility index (Phi) is 8.17. The molecule has 2 N–H and O–H groups in total. The molecule has 4 rings (SSSR count). The molecule has 0 bridgehead atoms. The zero-order valence-corrected chi connectivity index (χ0v) is 21.3. The minimum absolute atomic E-state index is 0.141. The van der Waals surface area contributed by atoms with E-state index in [9.17, 15) is 13.2 Å². The van der Waals surface area contributed by atoms with E-state index in [1.807, 2.05) is 13.0 Å². The van der Waals surface area contributed by atoms with E-state index >= 15 is 0 Å². The fraction of sp³-hybridized carbons (Fsp3) is 0.346. The Morgan fingerprint density at radius 3 is 2.39 bits per heavy atom. The van der Waals surface area contributed by atoms with E-state index in [1.54, 1.807) is 43.5 Å². The van der Waals surface area contributed by atoms with Gasteiger partial charge in [0.05, 0.1) is 35.8 Å². The van der Waals surface area contributed by atoms with Crippen molar-refractivity contribution >= 4 is 33.1 Å². The number of aryl methyl sites for hydroxylation is 1. The highest BCUT2D eigenvalue weighted by atomic mass is 32.2. The summed E-state index contributed by atoms with van der Waals surface area (Å²) in [7, 11) is -1.77. The van der Waals surface area contributed by atoms with Crippen LogP contribution in [-0.4, -0.2) is 61.7 Å². The van der Waals surface area contributed by atoms with Crippen molar-refractivity contribution in [2.75, 3.05) is 43.1 Å². The molecule has 0 radical (unpaired) electrons. The van der Waals surface area contributed by atoms with Crippen molar-refractivity contribution in [3.05, 3.63) is 66.0 Å². The molecule has 2 aromatic carbocycles. The molecule has 0 aliphatic carbocycles. The first-order valence-electron chi connectivity index (χ1n) is 11.9. The molecule has 1 amide bonds. The minimum Gasteiger partial charge on any atom is -0.497 e. The Morgan fingerprint density at radius 1 is 1.03 bits per heavy atom. The second-order valence-electron chi connectivity index (χ2n) is 8.80. The average Bonchev–Trinajstić information content (AvgIpc) is 3.39. The normalized spacial score (nSPS) is 13.9. The van der Waals surface area contributed by atoms with Gasteiger partial charge >= 0.3 is 0 Å². The summed E-state index contributed by atoms with van der Waals surface area (Å²) in [6, 6.07) is 11.9. The molecule has 0 saturated carbocycles. The first-order valence-corrected chi connectivity index (χ1v) is 13.6. The number of ether oxygens (including phenoxy) is 1. The number of likely N-dealkylation sites (tertiary alicyclic amines) is 1. The SMILES string of the molecule is COc1ccc(C)c(C(=O)Nc2cnc(Nc3ccc(S(=O)(=O)CCCN4CCCC4)cc3)nc2)c1. The number of aromatic nitrogens is 2. The highest BCUT2D eigenvalue weighted by Crippen LogP contribution is 2.21. The lowest BCUT2D eigenvalue weighted by Crippen LogP contribution is -2.22. The van der Waals surface area contributed by atoms with E-state index in [1.165, 1.54) is 25.2 Å². The van der Waals surface area contributed by atoms with Gasteiger partial charge in [0.1, 0.15) is 5.75 Å². The van der Waals surface area contributed by atoms with Crippen LogP contribution in [0.15, 0.2) is 59.8 Å². The van der Waals surface area contributed by atoms with E-state index in [0.29, 0.717) is 40.0 Å². The number of amides is 1. The van der Waals surface area contributed by atoms with Gasteiger partial charge in [0.25, 0.3) is 5.91 Å². The molecule has 1 aliphatic rings. The van der Waals surface area contributed by atoms with Crippen molar-refractivity contribution in [1.82, 2.24) is 14.9 Å². The monoisotopic (exact) mass is 509 g/mol. The Bertz CT molecular complexity index is 1290. The van der Waals surface area contributed by atoms with E-state index in [2.05, 4.69) is 25.5 Å². The van der Waals surface area contributed by atoms with Crippen LogP contribution in [0.2, 0.25) is 0 Å². The molecule has 0 spiro atoms. The number of rotatable bonds is 10. The maximum atomic E-state index is 12.7. The number of methoxy groups -OCH3 is 1. The molecule has 10 heteroatoms. The summed E-state index contributed by atoms with van der Waals surface area (Å²) < 4.78 is 30.5. The first kappa shape index (κ1) is 25.6. The number of benzene rings is 2. The van der Waals surface area contributed by atoms with E-state index in [-0.39, 0.29) is 11.7 Å². The lowest BCUT2D eigenvalue weighted by atomic mass is 10.1. The van der Waals surface area contributed by atoms with Gasteiger partial charge < -0.3 is 20.3 Å². The van der Waals surface area contributed by atoms with Crippen LogP contribution in [0.4, 0.5) is 17.3 Å². The van der Waals surface area contributed by atoms with Crippen molar-refractivity contribution in [2.24, 2.45) is 0 Å². The molecule has 3 aromatic rings. The largest absolute Gasteiger partial charge is 0.497 e. The molecular weight excluding hydrogens is 478 g/mol. The van der Waals surface area contributed by atoms with Crippen molar-refractivity contribution < 1.29 is 17.9 Å². The maximum Gasteiger partial charge on any atom is 0.256 e. The van der Waals surface area contributed by atoms with Gasteiger partial charge in [0.2, 0.25) is 5.95 Å². The lowest BCUT2D eigenvalue weighted by molar-refractivity contribution is 0.102. The van der Waals surface area contributed by atoms with Crippen LogP contribution in [-0.2, 0) is 9.84 Å². The second-order valence-corrected chi connectivity index (χ2v) is 10.9. The highest BCUT2D eigenvalue weighted by Gasteiger charge is 2.17. The predicted octanol–water partition coefficient (Wildman–Crippen LogP) is 4.05. The van der Waals surface area contributed by atoms with Gasteiger partial charge in [0, 0.05) is 11.3 Å². The van der Waals surface area contributed by atoms with Crippen LogP contribution in [0, 0.1) is 6.92 Å². The van der Waals surface area contributed by atoms with Gasteiger partial charge in [-0.15, -0.1) is 0 Å². The number of carbonyl (C=O) groups is 1. The fourth-order valence-corrected chi connectivity index (χ4v) is 5.40. The molecule has 1 aliphatic heterocycles.